The van der Waals surface area contributed by atoms with Crippen LogP contribution >= 0.6 is 0 Å². The van der Waals surface area contributed by atoms with E-state index >= 15 is 0 Å². The van der Waals surface area contributed by atoms with Gasteiger partial charge in [0.2, 0.25) is 0 Å². The molecule has 6 nitrogen and oxygen atoms in total. The Hall–Kier alpha value is -1.60. The van der Waals surface area contributed by atoms with E-state index in [0.717, 1.165) is 11.1 Å². The number of nitrogens with zero attached hydrogens (tertiary/aromatic N) is 1. The highest BCUT2D eigenvalue weighted by Gasteiger charge is 2.28. The van der Waals surface area contributed by atoms with Crippen LogP contribution in [0.1, 0.15) is 24.5 Å². The van der Waals surface area contributed by atoms with Gasteiger partial charge in [-0.15, -0.1) is 0 Å². The molecule has 122 valence electrons. The van der Waals surface area contributed by atoms with E-state index in [-0.39, 0.29) is 24.2 Å². The summed E-state index contributed by atoms with van der Waals surface area (Å²) in [5.74, 6) is 1.000. The fourth-order valence-electron chi connectivity index (χ4n) is 2.45. The van der Waals surface area contributed by atoms with Crippen LogP contribution in [0.4, 0.5) is 0 Å². The van der Waals surface area contributed by atoms with Crippen molar-refractivity contribution >= 4 is 15.8 Å². The Morgan fingerprint density at radius 1 is 1.36 bits per heavy atom. The molecule has 1 unspecified atom stereocenters. The van der Waals surface area contributed by atoms with Crippen LogP contribution in [-0.2, 0) is 23.0 Å². The van der Waals surface area contributed by atoms with Gasteiger partial charge in [-0.3, -0.25) is 0 Å². The lowest BCUT2D eigenvalue weighted by atomic mass is 10.1. The molecule has 1 aromatic carbocycles. The third-order valence-electron chi connectivity index (χ3n) is 3.61. The summed E-state index contributed by atoms with van der Waals surface area (Å²) < 4.78 is 23.0. The van der Waals surface area contributed by atoms with Crippen molar-refractivity contribution in [3.05, 3.63) is 35.4 Å². The maximum absolute atomic E-state index is 11.5. The van der Waals surface area contributed by atoms with Crippen LogP contribution in [0.3, 0.4) is 0 Å². The average molecular weight is 325 g/mol. The number of rotatable bonds is 5. The highest BCUT2D eigenvalue weighted by Crippen LogP contribution is 2.12. The molecule has 7 heteroatoms. The van der Waals surface area contributed by atoms with Crippen LogP contribution in [0.2, 0.25) is 0 Å². The third-order valence-corrected chi connectivity index (χ3v) is 5.38. The van der Waals surface area contributed by atoms with Gasteiger partial charge in [0, 0.05) is 12.6 Å². The summed E-state index contributed by atoms with van der Waals surface area (Å²) >= 11 is 0. The molecule has 3 N–H and O–H groups in total. The van der Waals surface area contributed by atoms with E-state index in [4.69, 9.17) is 0 Å². The Balaban J connectivity index is 2.04. The van der Waals surface area contributed by atoms with E-state index in [0.29, 0.717) is 25.5 Å². The van der Waals surface area contributed by atoms with Crippen LogP contribution < -0.4 is 10.6 Å². The van der Waals surface area contributed by atoms with E-state index in [2.05, 4.69) is 15.6 Å². The van der Waals surface area contributed by atoms with Gasteiger partial charge >= 0.3 is 0 Å². The Morgan fingerprint density at radius 3 is 2.68 bits per heavy atom. The number of aliphatic hydroxyl groups is 1. The van der Waals surface area contributed by atoms with Crippen molar-refractivity contribution in [3.8, 4) is 0 Å². The second kappa shape index (κ2) is 7.60. The smallest absolute Gasteiger partial charge is 0.191 e. The maximum atomic E-state index is 11.5. The van der Waals surface area contributed by atoms with E-state index in [1.54, 1.807) is 0 Å². The lowest BCUT2D eigenvalue weighted by Crippen LogP contribution is -2.44. The number of benzene rings is 1. The van der Waals surface area contributed by atoms with Crippen LogP contribution in [0.5, 0.6) is 0 Å². The predicted octanol–water partition coefficient (Wildman–Crippen LogP) is 0.421. The van der Waals surface area contributed by atoms with Crippen molar-refractivity contribution in [2.45, 2.75) is 32.5 Å². The Kier molecular flexibility index (Phi) is 5.79. The highest BCUT2D eigenvalue weighted by atomic mass is 32.2. The number of hydrogen-bond acceptors (Lipinski definition) is 4. The summed E-state index contributed by atoms with van der Waals surface area (Å²) in [4.78, 5) is 4.49. The first kappa shape index (κ1) is 16.8. The monoisotopic (exact) mass is 325 g/mol. The summed E-state index contributed by atoms with van der Waals surface area (Å²) in [6.07, 6.45) is 0.611. The molecule has 1 aliphatic rings. The topological polar surface area (TPSA) is 90.8 Å². The summed E-state index contributed by atoms with van der Waals surface area (Å²) in [6, 6.07) is 7.50. The Labute approximate surface area is 131 Å². The van der Waals surface area contributed by atoms with Gasteiger partial charge in [0.25, 0.3) is 0 Å². The number of aliphatic imine (C=N–C) groups is 1. The fourth-order valence-corrected chi connectivity index (χ4v) is 4.13. The molecule has 0 amide bonds. The molecule has 1 heterocycles. The molecule has 1 atom stereocenters. The maximum Gasteiger partial charge on any atom is 0.191 e. The van der Waals surface area contributed by atoms with E-state index < -0.39 is 9.84 Å². The minimum absolute atomic E-state index is 0.0173. The van der Waals surface area contributed by atoms with Crippen molar-refractivity contribution in [3.63, 3.8) is 0 Å². The number of nitrogens with one attached hydrogen (secondary N) is 2. The number of guanidine groups is 1. The molecule has 1 fully saturated rings. The van der Waals surface area contributed by atoms with Crippen LogP contribution in [-0.4, -0.2) is 43.6 Å². The molecule has 0 aliphatic carbocycles. The van der Waals surface area contributed by atoms with Crippen molar-refractivity contribution in [1.29, 1.82) is 0 Å². The van der Waals surface area contributed by atoms with Gasteiger partial charge in [0.1, 0.15) is 0 Å². The molecular weight excluding hydrogens is 302 g/mol. The lowest BCUT2D eigenvalue weighted by molar-refractivity contribution is 0.280. The van der Waals surface area contributed by atoms with Gasteiger partial charge in [0.15, 0.2) is 15.8 Å². The van der Waals surface area contributed by atoms with E-state index in [9.17, 15) is 13.5 Å². The first-order valence-corrected chi connectivity index (χ1v) is 9.29. The predicted molar refractivity (Wildman–Crippen MR) is 87.4 cm³/mol. The van der Waals surface area contributed by atoms with Gasteiger partial charge in [-0.1, -0.05) is 24.3 Å². The molecule has 22 heavy (non-hydrogen) atoms. The summed E-state index contributed by atoms with van der Waals surface area (Å²) in [5.41, 5.74) is 1.81. The zero-order chi connectivity index (χ0) is 16.0. The molecule has 0 saturated carbocycles. The van der Waals surface area contributed by atoms with Gasteiger partial charge in [-0.2, -0.15) is 0 Å². The van der Waals surface area contributed by atoms with Crippen LogP contribution in [0, 0.1) is 0 Å². The number of aliphatic hydroxyl groups excluding tert-OH is 1. The summed E-state index contributed by atoms with van der Waals surface area (Å²) in [7, 11) is -2.91. The van der Waals surface area contributed by atoms with E-state index in [1.165, 1.54) is 0 Å². The molecule has 1 aliphatic heterocycles. The number of hydrogen-bond donors (Lipinski definition) is 3. The molecule has 0 bridgehead atoms. The van der Waals surface area contributed by atoms with E-state index in [1.807, 2.05) is 31.2 Å². The Morgan fingerprint density at radius 2 is 2.09 bits per heavy atom. The molecule has 0 spiro atoms. The van der Waals surface area contributed by atoms with Gasteiger partial charge in [-0.05, 0) is 24.5 Å². The summed E-state index contributed by atoms with van der Waals surface area (Å²) in [6.45, 7) is 3.08. The van der Waals surface area contributed by atoms with Crippen molar-refractivity contribution in [2.75, 3.05) is 18.1 Å². The average Bonchev–Trinajstić information content (AvgIpc) is 2.84. The Bertz CT molecular complexity index is 629. The highest BCUT2D eigenvalue weighted by molar-refractivity contribution is 7.91. The normalized spacial score (nSPS) is 20.8. The molecule has 0 radical (unpaired) electrons. The van der Waals surface area contributed by atoms with Crippen LogP contribution in [0.25, 0.3) is 0 Å². The van der Waals surface area contributed by atoms with Gasteiger partial charge < -0.3 is 15.7 Å². The molecule has 1 aromatic rings. The largest absolute Gasteiger partial charge is 0.392 e. The molecular formula is C15H23N3O3S. The minimum Gasteiger partial charge on any atom is -0.392 e. The zero-order valence-corrected chi connectivity index (χ0v) is 13.6. The van der Waals surface area contributed by atoms with Crippen molar-refractivity contribution in [1.82, 2.24) is 10.6 Å². The lowest BCUT2D eigenvalue weighted by Gasteiger charge is -2.16. The number of sulfone groups is 1. The molecule has 2 rings (SSSR count). The van der Waals surface area contributed by atoms with Gasteiger partial charge in [0.05, 0.1) is 24.7 Å². The van der Waals surface area contributed by atoms with Crippen molar-refractivity contribution in [2.24, 2.45) is 4.99 Å². The van der Waals surface area contributed by atoms with Gasteiger partial charge in [-0.25, -0.2) is 13.4 Å². The fraction of sp³-hybridized carbons (Fsp3) is 0.533. The first-order valence-electron chi connectivity index (χ1n) is 7.47. The minimum atomic E-state index is -2.91. The SMILES string of the molecule is CCNC(=NCc1ccccc1CO)NC1CCS(=O)(=O)C1. The quantitative estimate of drug-likeness (QED) is 0.539. The molecule has 0 aromatic heterocycles. The van der Waals surface area contributed by atoms with Crippen LogP contribution in [0.15, 0.2) is 29.3 Å². The second-order valence-corrected chi connectivity index (χ2v) is 7.60. The molecule has 1 saturated heterocycles. The first-order chi connectivity index (χ1) is 10.5. The summed E-state index contributed by atoms with van der Waals surface area (Å²) in [5, 5.41) is 15.6. The zero-order valence-electron chi connectivity index (χ0n) is 12.7. The van der Waals surface area contributed by atoms with Crippen molar-refractivity contribution < 1.29 is 13.5 Å². The second-order valence-electron chi connectivity index (χ2n) is 5.37. The standard InChI is InChI=1S/C15H23N3O3S/c1-2-16-15(18-14-7-8-22(20,21)11-14)17-9-12-5-3-4-6-13(12)10-19/h3-6,14,19H,2,7-11H2,1H3,(H2,16,17,18). The third kappa shape index (κ3) is 4.71.